The van der Waals surface area contributed by atoms with Gasteiger partial charge in [-0.1, -0.05) is 60.7 Å². The van der Waals surface area contributed by atoms with E-state index >= 15 is 0 Å². The van der Waals surface area contributed by atoms with Gasteiger partial charge in [0.05, 0.1) is 5.92 Å². The van der Waals surface area contributed by atoms with Gasteiger partial charge < -0.3 is 9.84 Å². The normalized spacial score (nSPS) is 17.6. The quantitative estimate of drug-likeness (QED) is 0.942. The van der Waals surface area contributed by atoms with Gasteiger partial charge in [-0.3, -0.25) is 4.79 Å². The number of rotatable bonds is 3. The molecule has 1 atom stereocenters. The first-order chi connectivity index (χ1) is 10.7. The Bertz CT molecular complexity index is 632. The summed E-state index contributed by atoms with van der Waals surface area (Å²) in [6, 6.07) is 18.3. The molecule has 22 heavy (non-hydrogen) atoms. The Morgan fingerprint density at radius 3 is 1.95 bits per heavy atom. The molecular weight excluding hydrogens is 282 g/mol. The van der Waals surface area contributed by atoms with Crippen LogP contribution in [0, 0.1) is 0 Å². The van der Waals surface area contributed by atoms with Crippen molar-refractivity contribution in [2.45, 2.75) is 12.1 Å². The number of carbonyl (C=O) groups excluding carboxylic acids is 2. The highest BCUT2D eigenvalue weighted by Crippen LogP contribution is 2.28. The zero-order valence-corrected chi connectivity index (χ0v) is 11.8. The number of carbonyl (C=O) groups is 2. The average molecular weight is 297 g/mol. The summed E-state index contributed by atoms with van der Waals surface area (Å²) in [5.41, 5.74) is 1.51. The van der Waals surface area contributed by atoms with Gasteiger partial charge in [0, 0.05) is 0 Å². The standard InChI is InChI=1S/C17H15NO4/c19-14-11-22-17(21)18(14)16(20)15(12-7-3-1-4-8-12)13-9-5-2-6-10-13/h1-10,14-15,19H,11H2. The van der Waals surface area contributed by atoms with E-state index in [4.69, 9.17) is 4.74 Å². The Labute approximate surface area is 127 Å². The topological polar surface area (TPSA) is 66.8 Å². The summed E-state index contributed by atoms with van der Waals surface area (Å²) >= 11 is 0. The maximum absolute atomic E-state index is 12.8. The maximum Gasteiger partial charge on any atom is 0.419 e. The molecule has 1 aliphatic rings. The Balaban J connectivity index is 2.03. The third-order valence-electron chi connectivity index (χ3n) is 3.60. The highest BCUT2D eigenvalue weighted by atomic mass is 16.6. The van der Waals surface area contributed by atoms with Gasteiger partial charge in [0.1, 0.15) is 6.61 Å². The van der Waals surface area contributed by atoms with E-state index in [1.54, 1.807) is 0 Å². The Kier molecular flexibility index (Phi) is 3.89. The van der Waals surface area contributed by atoms with Gasteiger partial charge in [0.25, 0.3) is 0 Å². The highest BCUT2D eigenvalue weighted by Gasteiger charge is 2.40. The highest BCUT2D eigenvalue weighted by molar-refractivity contribution is 5.98. The molecule has 1 N–H and O–H groups in total. The molecule has 1 aliphatic heterocycles. The summed E-state index contributed by atoms with van der Waals surface area (Å²) in [4.78, 5) is 25.3. The molecule has 0 saturated carbocycles. The monoisotopic (exact) mass is 297 g/mol. The van der Waals surface area contributed by atoms with Crippen LogP contribution in [0.15, 0.2) is 60.7 Å². The van der Waals surface area contributed by atoms with Crippen molar-refractivity contribution in [2.24, 2.45) is 0 Å². The minimum Gasteiger partial charge on any atom is -0.444 e. The van der Waals surface area contributed by atoms with Crippen molar-refractivity contribution in [3.05, 3.63) is 71.8 Å². The molecule has 2 aromatic carbocycles. The smallest absolute Gasteiger partial charge is 0.419 e. The number of amides is 2. The summed E-state index contributed by atoms with van der Waals surface area (Å²) in [5, 5.41) is 9.83. The third kappa shape index (κ3) is 2.58. The lowest BCUT2D eigenvalue weighted by atomic mass is 9.90. The second kappa shape index (κ2) is 5.99. The SMILES string of the molecule is O=C1OCC(O)N1C(=O)C(c1ccccc1)c1ccccc1. The molecule has 0 radical (unpaired) electrons. The molecule has 1 heterocycles. The lowest BCUT2D eigenvalue weighted by molar-refractivity contribution is -0.134. The van der Waals surface area contributed by atoms with Gasteiger partial charge in [0.15, 0.2) is 6.23 Å². The second-order valence-corrected chi connectivity index (χ2v) is 5.02. The molecular formula is C17H15NO4. The molecule has 5 nitrogen and oxygen atoms in total. The molecule has 0 aliphatic carbocycles. The van der Waals surface area contributed by atoms with Crippen molar-refractivity contribution in [1.82, 2.24) is 4.90 Å². The zero-order chi connectivity index (χ0) is 15.5. The van der Waals surface area contributed by atoms with Crippen molar-refractivity contribution in [2.75, 3.05) is 6.61 Å². The van der Waals surface area contributed by atoms with Crippen LogP contribution in [0.4, 0.5) is 4.79 Å². The van der Waals surface area contributed by atoms with Crippen LogP contribution in [-0.4, -0.2) is 34.8 Å². The fourth-order valence-electron chi connectivity index (χ4n) is 2.56. The summed E-state index contributed by atoms with van der Waals surface area (Å²) < 4.78 is 4.74. The predicted molar refractivity (Wildman–Crippen MR) is 78.9 cm³/mol. The van der Waals surface area contributed by atoms with E-state index in [0.29, 0.717) is 0 Å². The molecule has 5 heteroatoms. The molecule has 1 unspecified atom stereocenters. The number of nitrogens with zero attached hydrogens (tertiary/aromatic N) is 1. The minimum absolute atomic E-state index is 0.194. The molecule has 0 spiro atoms. The van der Waals surface area contributed by atoms with E-state index in [1.807, 2.05) is 60.7 Å². The number of hydrogen-bond acceptors (Lipinski definition) is 4. The van der Waals surface area contributed by atoms with Crippen LogP contribution in [0.2, 0.25) is 0 Å². The summed E-state index contributed by atoms with van der Waals surface area (Å²) in [5.74, 6) is -1.16. The molecule has 1 saturated heterocycles. The van der Waals surface area contributed by atoms with Gasteiger partial charge in [-0.25, -0.2) is 9.69 Å². The second-order valence-electron chi connectivity index (χ2n) is 5.02. The van der Waals surface area contributed by atoms with Crippen LogP contribution < -0.4 is 0 Å². The largest absolute Gasteiger partial charge is 0.444 e. The van der Waals surface area contributed by atoms with E-state index in [1.165, 1.54) is 0 Å². The van der Waals surface area contributed by atoms with Crippen LogP contribution in [0.25, 0.3) is 0 Å². The fourth-order valence-corrected chi connectivity index (χ4v) is 2.56. The molecule has 3 rings (SSSR count). The lowest BCUT2D eigenvalue weighted by Gasteiger charge is -2.23. The summed E-state index contributed by atoms with van der Waals surface area (Å²) in [6.45, 7) is -0.194. The van der Waals surface area contributed by atoms with E-state index in [-0.39, 0.29) is 6.61 Å². The Morgan fingerprint density at radius 1 is 1.05 bits per heavy atom. The van der Waals surface area contributed by atoms with Crippen LogP contribution in [0.3, 0.4) is 0 Å². The minimum atomic E-state index is -1.24. The van der Waals surface area contributed by atoms with Crippen molar-refractivity contribution in [1.29, 1.82) is 0 Å². The van der Waals surface area contributed by atoms with Crippen molar-refractivity contribution < 1.29 is 19.4 Å². The first kappa shape index (κ1) is 14.3. The van der Waals surface area contributed by atoms with Crippen LogP contribution >= 0.6 is 0 Å². The number of aliphatic hydroxyl groups is 1. The van der Waals surface area contributed by atoms with E-state index < -0.39 is 24.1 Å². The van der Waals surface area contributed by atoms with Crippen molar-refractivity contribution >= 4 is 12.0 Å². The number of hydrogen-bond donors (Lipinski definition) is 1. The average Bonchev–Trinajstić information content (AvgIpc) is 2.88. The first-order valence-corrected chi connectivity index (χ1v) is 6.96. The maximum atomic E-state index is 12.8. The zero-order valence-electron chi connectivity index (χ0n) is 11.8. The van der Waals surface area contributed by atoms with Crippen molar-refractivity contribution in [3.8, 4) is 0 Å². The third-order valence-corrected chi connectivity index (χ3v) is 3.60. The summed E-state index contributed by atoms with van der Waals surface area (Å²) in [7, 11) is 0. The van der Waals surface area contributed by atoms with Gasteiger partial charge in [-0.15, -0.1) is 0 Å². The molecule has 2 aromatic rings. The van der Waals surface area contributed by atoms with Crippen LogP contribution in [0.1, 0.15) is 17.0 Å². The first-order valence-electron chi connectivity index (χ1n) is 6.96. The molecule has 112 valence electrons. The predicted octanol–water partition coefficient (Wildman–Crippen LogP) is 2.12. The molecule has 0 bridgehead atoms. The molecule has 2 amide bonds. The van der Waals surface area contributed by atoms with Crippen LogP contribution in [-0.2, 0) is 9.53 Å². The Morgan fingerprint density at radius 2 is 1.55 bits per heavy atom. The number of aliphatic hydroxyl groups excluding tert-OH is 1. The lowest BCUT2D eigenvalue weighted by Crippen LogP contribution is -2.42. The molecule has 1 fully saturated rings. The van der Waals surface area contributed by atoms with E-state index in [0.717, 1.165) is 16.0 Å². The van der Waals surface area contributed by atoms with E-state index in [2.05, 4.69) is 0 Å². The number of imide groups is 1. The number of benzene rings is 2. The van der Waals surface area contributed by atoms with Crippen molar-refractivity contribution in [3.63, 3.8) is 0 Å². The van der Waals surface area contributed by atoms with E-state index in [9.17, 15) is 14.7 Å². The Hall–Kier alpha value is -2.66. The van der Waals surface area contributed by atoms with Gasteiger partial charge in [0.2, 0.25) is 5.91 Å². The summed E-state index contributed by atoms with van der Waals surface area (Å²) in [6.07, 6.45) is -2.05. The fraction of sp³-hybridized carbons (Fsp3) is 0.176. The number of cyclic esters (lactones) is 1. The van der Waals surface area contributed by atoms with Gasteiger partial charge in [-0.2, -0.15) is 0 Å². The molecule has 0 aromatic heterocycles. The van der Waals surface area contributed by atoms with Crippen LogP contribution in [0.5, 0.6) is 0 Å². The number of ether oxygens (including phenoxy) is 1. The van der Waals surface area contributed by atoms with Gasteiger partial charge in [-0.05, 0) is 11.1 Å². The van der Waals surface area contributed by atoms with Gasteiger partial charge >= 0.3 is 6.09 Å².